The van der Waals surface area contributed by atoms with Crippen LogP contribution in [0.15, 0.2) is 67.9 Å². The van der Waals surface area contributed by atoms with Crippen LogP contribution in [0.25, 0.3) is 21.7 Å². The molecule has 0 fully saturated rings. The minimum Gasteiger partial charge on any atom is -0.488 e. The third kappa shape index (κ3) is 2.40. The lowest BCUT2D eigenvalue weighted by Gasteiger charge is -2.13. The molecule has 0 spiro atoms. The van der Waals surface area contributed by atoms with Gasteiger partial charge in [0.2, 0.25) is 0 Å². The molecule has 0 atom stereocenters. The van der Waals surface area contributed by atoms with Gasteiger partial charge in [0, 0.05) is 22.5 Å². The van der Waals surface area contributed by atoms with E-state index >= 15 is 0 Å². The predicted molar refractivity (Wildman–Crippen MR) is 88.8 cm³/mol. The van der Waals surface area contributed by atoms with Gasteiger partial charge >= 0.3 is 0 Å². The van der Waals surface area contributed by atoms with E-state index in [0.717, 1.165) is 34.0 Å². The van der Waals surface area contributed by atoms with Gasteiger partial charge in [-0.15, -0.1) is 6.58 Å². The van der Waals surface area contributed by atoms with E-state index in [1.54, 1.807) is 6.08 Å². The lowest BCUT2D eigenvalue weighted by molar-refractivity contribution is 0.364. The molecule has 3 aromatic rings. The van der Waals surface area contributed by atoms with Crippen LogP contribution in [-0.2, 0) is 6.42 Å². The standard InChI is InChI=1S/C19H17NO/c1-3-7-15-13-20-18-16-9-6-5-8-14(16)10-11-17(18)19(15)21-12-4-2/h3-6,8-11,13H,1-2,7,12H2. The van der Waals surface area contributed by atoms with Gasteiger partial charge in [-0.1, -0.05) is 49.1 Å². The summed E-state index contributed by atoms with van der Waals surface area (Å²) in [5.74, 6) is 0.880. The summed E-state index contributed by atoms with van der Waals surface area (Å²) in [4.78, 5) is 4.64. The van der Waals surface area contributed by atoms with Crippen molar-refractivity contribution in [3.8, 4) is 5.75 Å². The Morgan fingerprint density at radius 1 is 1.00 bits per heavy atom. The zero-order chi connectivity index (χ0) is 14.7. The predicted octanol–water partition coefficient (Wildman–Crippen LogP) is 4.68. The second kappa shape index (κ2) is 5.80. The van der Waals surface area contributed by atoms with Crippen molar-refractivity contribution < 1.29 is 4.74 Å². The molecule has 21 heavy (non-hydrogen) atoms. The van der Waals surface area contributed by atoms with E-state index in [2.05, 4.69) is 42.4 Å². The Hall–Kier alpha value is -2.61. The Kier molecular flexibility index (Phi) is 3.69. The second-order valence-electron chi connectivity index (χ2n) is 4.89. The number of nitrogens with zero attached hydrogens (tertiary/aromatic N) is 1. The molecule has 0 radical (unpaired) electrons. The van der Waals surface area contributed by atoms with Crippen molar-refractivity contribution in [2.45, 2.75) is 6.42 Å². The fourth-order valence-corrected chi connectivity index (χ4v) is 2.57. The zero-order valence-corrected chi connectivity index (χ0v) is 11.9. The molecule has 1 aromatic heterocycles. The molecule has 3 rings (SSSR count). The third-order valence-corrected chi connectivity index (χ3v) is 3.50. The van der Waals surface area contributed by atoms with Gasteiger partial charge in [-0.25, -0.2) is 0 Å². The SMILES string of the molecule is C=CCOc1c(CC=C)cnc2c1ccc1ccccc12. The Labute approximate surface area is 124 Å². The number of pyridine rings is 1. The first kappa shape index (κ1) is 13.4. The van der Waals surface area contributed by atoms with Crippen LogP contribution in [0.1, 0.15) is 5.56 Å². The van der Waals surface area contributed by atoms with Crippen LogP contribution >= 0.6 is 0 Å². The number of hydrogen-bond acceptors (Lipinski definition) is 2. The Bertz CT molecular complexity index is 820. The lowest BCUT2D eigenvalue weighted by Crippen LogP contribution is -1.99. The monoisotopic (exact) mass is 275 g/mol. The number of ether oxygens (including phenoxy) is 1. The smallest absolute Gasteiger partial charge is 0.134 e. The summed E-state index contributed by atoms with van der Waals surface area (Å²) in [6, 6.07) is 12.4. The summed E-state index contributed by atoms with van der Waals surface area (Å²) < 4.78 is 5.90. The molecule has 1 heterocycles. The Balaban J connectivity index is 2.30. The van der Waals surface area contributed by atoms with Crippen LogP contribution in [0.3, 0.4) is 0 Å². The average molecular weight is 275 g/mol. The fraction of sp³-hybridized carbons (Fsp3) is 0.105. The Morgan fingerprint density at radius 3 is 2.67 bits per heavy atom. The van der Waals surface area contributed by atoms with E-state index < -0.39 is 0 Å². The van der Waals surface area contributed by atoms with Crippen molar-refractivity contribution in [3.05, 3.63) is 73.5 Å². The second-order valence-corrected chi connectivity index (χ2v) is 4.89. The molecule has 0 aliphatic rings. The molecule has 0 saturated heterocycles. The van der Waals surface area contributed by atoms with E-state index in [4.69, 9.17) is 4.74 Å². The van der Waals surface area contributed by atoms with Gasteiger partial charge in [0.15, 0.2) is 0 Å². The van der Waals surface area contributed by atoms with Crippen molar-refractivity contribution in [2.24, 2.45) is 0 Å². The Morgan fingerprint density at radius 2 is 1.86 bits per heavy atom. The maximum Gasteiger partial charge on any atom is 0.134 e. The minimum atomic E-state index is 0.482. The number of benzene rings is 2. The highest BCUT2D eigenvalue weighted by molar-refractivity contribution is 6.07. The zero-order valence-electron chi connectivity index (χ0n) is 11.9. The van der Waals surface area contributed by atoms with Crippen molar-refractivity contribution in [2.75, 3.05) is 6.61 Å². The molecule has 2 nitrogen and oxygen atoms in total. The molecule has 2 aromatic carbocycles. The first-order valence-corrected chi connectivity index (χ1v) is 6.99. The molecule has 0 amide bonds. The first-order chi connectivity index (χ1) is 10.3. The highest BCUT2D eigenvalue weighted by Crippen LogP contribution is 2.33. The van der Waals surface area contributed by atoms with Gasteiger partial charge in [-0.3, -0.25) is 4.98 Å². The van der Waals surface area contributed by atoms with Crippen molar-refractivity contribution in [1.82, 2.24) is 4.98 Å². The topological polar surface area (TPSA) is 22.1 Å². The molecule has 0 N–H and O–H groups in total. The van der Waals surface area contributed by atoms with Gasteiger partial charge in [-0.05, 0) is 17.9 Å². The minimum absolute atomic E-state index is 0.482. The molecule has 0 saturated carbocycles. The number of allylic oxidation sites excluding steroid dienone is 1. The van der Waals surface area contributed by atoms with Gasteiger partial charge in [-0.2, -0.15) is 0 Å². The number of aromatic nitrogens is 1. The average Bonchev–Trinajstić information content (AvgIpc) is 2.53. The van der Waals surface area contributed by atoms with Crippen LogP contribution in [0.5, 0.6) is 5.75 Å². The van der Waals surface area contributed by atoms with Gasteiger partial charge in [0.1, 0.15) is 12.4 Å². The number of fused-ring (bicyclic) bond motifs is 3. The number of hydrogen-bond donors (Lipinski definition) is 0. The summed E-state index contributed by atoms with van der Waals surface area (Å²) >= 11 is 0. The van der Waals surface area contributed by atoms with Crippen LogP contribution in [0.2, 0.25) is 0 Å². The summed E-state index contributed by atoms with van der Waals surface area (Å²) in [6.07, 6.45) is 6.24. The largest absolute Gasteiger partial charge is 0.488 e. The molecule has 0 bridgehead atoms. The summed E-state index contributed by atoms with van der Waals surface area (Å²) in [7, 11) is 0. The van der Waals surface area contributed by atoms with Crippen molar-refractivity contribution in [3.63, 3.8) is 0 Å². The molecular weight excluding hydrogens is 258 g/mol. The van der Waals surface area contributed by atoms with Crippen molar-refractivity contribution in [1.29, 1.82) is 0 Å². The quantitative estimate of drug-likeness (QED) is 0.498. The summed E-state index contributed by atoms with van der Waals surface area (Å²) in [5.41, 5.74) is 2.02. The maximum atomic E-state index is 5.90. The molecular formula is C19H17NO. The fourth-order valence-electron chi connectivity index (χ4n) is 2.57. The van der Waals surface area contributed by atoms with E-state index in [1.165, 1.54) is 5.39 Å². The van der Waals surface area contributed by atoms with Crippen LogP contribution < -0.4 is 4.74 Å². The van der Waals surface area contributed by atoms with E-state index in [-0.39, 0.29) is 0 Å². The lowest BCUT2D eigenvalue weighted by atomic mass is 10.0. The van der Waals surface area contributed by atoms with Crippen LogP contribution in [0, 0.1) is 0 Å². The van der Waals surface area contributed by atoms with Gasteiger partial charge in [0.25, 0.3) is 0 Å². The molecule has 0 aliphatic heterocycles. The summed E-state index contributed by atoms with van der Waals surface area (Å²) in [6.45, 7) is 8.01. The van der Waals surface area contributed by atoms with Gasteiger partial charge in [0.05, 0.1) is 5.52 Å². The third-order valence-electron chi connectivity index (χ3n) is 3.50. The normalized spacial score (nSPS) is 10.7. The van der Waals surface area contributed by atoms with E-state index in [9.17, 15) is 0 Å². The van der Waals surface area contributed by atoms with Crippen LogP contribution in [0.4, 0.5) is 0 Å². The van der Waals surface area contributed by atoms with Crippen LogP contribution in [-0.4, -0.2) is 11.6 Å². The maximum absolute atomic E-state index is 5.90. The molecule has 104 valence electrons. The van der Waals surface area contributed by atoms with Crippen molar-refractivity contribution >= 4 is 21.7 Å². The molecule has 2 heteroatoms. The highest BCUT2D eigenvalue weighted by Gasteiger charge is 2.11. The first-order valence-electron chi connectivity index (χ1n) is 6.99. The number of rotatable bonds is 5. The van der Waals surface area contributed by atoms with Gasteiger partial charge < -0.3 is 4.74 Å². The highest BCUT2D eigenvalue weighted by atomic mass is 16.5. The molecule has 0 unspecified atom stereocenters. The molecule has 0 aliphatic carbocycles. The van der Waals surface area contributed by atoms with E-state index in [1.807, 2.05) is 24.4 Å². The van der Waals surface area contributed by atoms with E-state index in [0.29, 0.717) is 6.61 Å². The summed E-state index contributed by atoms with van der Waals surface area (Å²) in [5, 5.41) is 3.36.